The number of ether oxygens (including phenoxy) is 2. The first-order valence-electron chi connectivity index (χ1n) is 8.41. The van der Waals surface area contributed by atoms with Crippen LogP contribution in [0, 0.1) is 21.4 Å². The zero-order chi connectivity index (χ0) is 20.5. The minimum Gasteiger partial charge on any atom is -0.490 e. The van der Waals surface area contributed by atoms with E-state index < -0.39 is 10.7 Å². The van der Waals surface area contributed by atoms with Crippen LogP contribution in [0.5, 0.6) is 11.5 Å². The standard InChI is InChI=1S/C21H18N2O5/c1-3-10-28-19-9-8-15(12-20(19)27-4-2)11-17(14-22)21(24)16-6-5-7-18(13-16)23(25)26/h3,5-9,11-13H,1,4,10H2,2H3/b17-11+. The van der Waals surface area contributed by atoms with Crippen LogP contribution in [0.4, 0.5) is 5.69 Å². The van der Waals surface area contributed by atoms with Gasteiger partial charge in [-0.05, 0) is 30.7 Å². The van der Waals surface area contributed by atoms with E-state index in [1.54, 1.807) is 24.3 Å². The lowest BCUT2D eigenvalue weighted by Gasteiger charge is -2.11. The largest absolute Gasteiger partial charge is 0.490 e. The van der Waals surface area contributed by atoms with E-state index >= 15 is 0 Å². The van der Waals surface area contributed by atoms with Crippen LogP contribution in [-0.4, -0.2) is 23.9 Å². The van der Waals surface area contributed by atoms with Crippen molar-refractivity contribution >= 4 is 17.5 Å². The Kier molecular flexibility index (Phi) is 7.06. The van der Waals surface area contributed by atoms with Crippen LogP contribution in [0.25, 0.3) is 6.08 Å². The average Bonchev–Trinajstić information content (AvgIpc) is 2.71. The van der Waals surface area contributed by atoms with Crippen molar-refractivity contribution in [3.05, 3.63) is 81.9 Å². The van der Waals surface area contributed by atoms with Crippen molar-refractivity contribution in [3.8, 4) is 17.6 Å². The van der Waals surface area contributed by atoms with Gasteiger partial charge in [0, 0.05) is 17.7 Å². The number of nitriles is 1. The Morgan fingerprint density at radius 1 is 1.25 bits per heavy atom. The molecule has 28 heavy (non-hydrogen) atoms. The van der Waals surface area contributed by atoms with Crippen molar-refractivity contribution in [2.75, 3.05) is 13.2 Å². The molecule has 0 spiro atoms. The number of carbonyl (C=O) groups is 1. The summed E-state index contributed by atoms with van der Waals surface area (Å²) < 4.78 is 11.1. The van der Waals surface area contributed by atoms with Crippen LogP contribution < -0.4 is 9.47 Å². The van der Waals surface area contributed by atoms with Gasteiger partial charge in [0.25, 0.3) is 5.69 Å². The van der Waals surface area contributed by atoms with Gasteiger partial charge in [0.05, 0.1) is 11.5 Å². The number of carbonyl (C=O) groups excluding carboxylic acids is 1. The fourth-order valence-electron chi connectivity index (χ4n) is 2.38. The predicted octanol–water partition coefficient (Wildman–Crippen LogP) is 4.35. The van der Waals surface area contributed by atoms with E-state index in [1.165, 1.54) is 24.3 Å². The SMILES string of the molecule is C=CCOc1ccc(/C=C(\C#N)C(=O)c2cccc([N+](=O)[O-])c2)cc1OCC. The van der Waals surface area contributed by atoms with Gasteiger partial charge >= 0.3 is 0 Å². The molecule has 0 heterocycles. The minimum atomic E-state index is -0.601. The number of rotatable bonds is 9. The normalized spacial score (nSPS) is 10.6. The summed E-state index contributed by atoms with van der Waals surface area (Å²) >= 11 is 0. The summed E-state index contributed by atoms with van der Waals surface area (Å²) in [5.41, 5.74) is 0.260. The molecule has 2 aromatic rings. The summed E-state index contributed by atoms with van der Waals surface area (Å²) in [5.74, 6) is 0.386. The van der Waals surface area contributed by atoms with Crippen LogP contribution >= 0.6 is 0 Å². The lowest BCUT2D eigenvalue weighted by molar-refractivity contribution is -0.384. The maximum absolute atomic E-state index is 12.6. The maximum atomic E-state index is 12.6. The van der Waals surface area contributed by atoms with Crippen molar-refractivity contribution in [2.24, 2.45) is 0 Å². The molecule has 0 atom stereocenters. The number of nitro benzene ring substituents is 1. The highest BCUT2D eigenvalue weighted by molar-refractivity contribution is 6.14. The molecule has 0 N–H and O–H groups in total. The third kappa shape index (κ3) is 5.05. The van der Waals surface area contributed by atoms with Gasteiger partial charge in [0.2, 0.25) is 5.78 Å². The van der Waals surface area contributed by atoms with Gasteiger partial charge in [-0.2, -0.15) is 5.26 Å². The topological polar surface area (TPSA) is 102 Å². The van der Waals surface area contributed by atoms with E-state index in [2.05, 4.69) is 6.58 Å². The van der Waals surface area contributed by atoms with E-state index in [0.29, 0.717) is 30.3 Å². The molecule has 7 heteroatoms. The van der Waals surface area contributed by atoms with Crippen molar-refractivity contribution in [1.29, 1.82) is 5.26 Å². The predicted molar refractivity (Wildman–Crippen MR) is 104 cm³/mol. The molecule has 0 aliphatic heterocycles. The molecule has 0 radical (unpaired) electrons. The summed E-state index contributed by atoms with van der Waals surface area (Å²) in [6.07, 6.45) is 3.01. The monoisotopic (exact) mass is 378 g/mol. The molecule has 7 nitrogen and oxygen atoms in total. The number of hydrogen-bond donors (Lipinski definition) is 0. The minimum absolute atomic E-state index is 0.0676. The van der Waals surface area contributed by atoms with Gasteiger partial charge in [0.1, 0.15) is 18.2 Å². The second kappa shape index (κ2) is 9.69. The molecule has 2 rings (SSSR count). The molecule has 0 aliphatic carbocycles. The zero-order valence-electron chi connectivity index (χ0n) is 15.3. The molecule has 0 saturated carbocycles. The first-order chi connectivity index (χ1) is 13.5. The molecule has 142 valence electrons. The van der Waals surface area contributed by atoms with E-state index in [-0.39, 0.29) is 16.8 Å². The number of nitrogens with zero attached hydrogens (tertiary/aromatic N) is 2. The molecule has 2 aromatic carbocycles. The third-order valence-corrected chi connectivity index (χ3v) is 3.62. The van der Waals surface area contributed by atoms with E-state index in [9.17, 15) is 20.2 Å². The first kappa shape index (κ1) is 20.4. The maximum Gasteiger partial charge on any atom is 0.270 e. The van der Waals surface area contributed by atoms with E-state index in [1.807, 2.05) is 13.0 Å². The molecule has 0 aliphatic rings. The Morgan fingerprint density at radius 3 is 2.68 bits per heavy atom. The van der Waals surface area contributed by atoms with E-state index in [0.717, 1.165) is 6.07 Å². The van der Waals surface area contributed by atoms with Crippen molar-refractivity contribution in [2.45, 2.75) is 6.92 Å². The zero-order valence-corrected chi connectivity index (χ0v) is 15.3. The average molecular weight is 378 g/mol. The van der Waals surface area contributed by atoms with Gasteiger partial charge in [0.15, 0.2) is 11.5 Å². The van der Waals surface area contributed by atoms with Crippen LogP contribution in [0.15, 0.2) is 60.7 Å². The molecule has 0 bridgehead atoms. The smallest absolute Gasteiger partial charge is 0.270 e. The Labute approximate surface area is 162 Å². The number of allylic oxidation sites excluding steroid dienone is 1. The molecule has 0 amide bonds. The van der Waals surface area contributed by atoms with Crippen molar-refractivity contribution < 1.29 is 19.2 Å². The highest BCUT2D eigenvalue weighted by Gasteiger charge is 2.16. The quantitative estimate of drug-likeness (QED) is 0.160. The van der Waals surface area contributed by atoms with Crippen LogP contribution in [-0.2, 0) is 0 Å². The second-order valence-electron chi connectivity index (χ2n) is 5.55. The summed E-state index contributed by atoms with van der Waals surface area (Å²) in [5, 5.41) is 20.3. The molecule has 0 saturated heterocycles. The van der Waals surface area contributed by atoms with Gasteiger partial charge < -0.3 is 9.47 Å². The Balaban J connectivity index is 2.38. The Bertz CT molecular complexity index is 973. The fraction of sp³-hybridized carbons (Fsp3) is 0.143. The van der Waals surface area contributed by atoms with Crippen molar-refractivity contribution in [1.82, 2.24) is 0 Å². The van der Waals surface area contributed by atoms with Crippen LogP contribution in [0.1, 0.15) is 22.8 Å². The summed E-state index contributed by atoms with van der Waals surface area (Å²) in [6, 6.07) is 12.1. The van der Waals surface area contributed by atoms with E-state index in [4.69, 9.17) is 9.47 Å². The van der Waals surface area contributed by atoms with Crippen LogP contribution in [0.2, 0.25) is 0 Å². The lowest BCUT2D eigenvalue weighted by Crippen LogP contribution is -2.03. The molecule has 0 unspecified atom stereocenters. The number of nitro groups is 1. The second-order valence-corrected chi connectivity index (χ2v) is 5.55. The van der Waals surface area contributed by atoms with Gasteiger partial charge in [-0.15, -0.1) is 0 Å². The molecular formula is C21H18N2O5. The van der Waals surface area contributed by atoms with Gasteiger partial charge in [-0.1, -0.05) is 30.9 Å². The highest BCUT2D eigenvalue weighted by atomic mass is 16.6. The molecular weight excluding hydrogens is 360 g/mol. The van der Waals surface area contributed by atoms with Gasteiger partial charge in [-0.25, -0.2) is 0 Å². The van der Waals surface area contributed by atoms with Crippen molar-refractivity contribution in [3.63, 3.8) is 0 Å². The highest BCUT2D eigenvalue weighted by Crippen LogP contribution is 2.29. The lowest BCUT2D eigenvalue weighted by atomic mass is 10.0. The third-order valence-electron chi connectivity index (χ3n) is 3.62. The fourth-order valence-corrected chi connectivity index (χ4v) is 2.38. The molecule has 0 fully saturated rings. The number of ketones is 1. The summed E-state index contributed by atoms with van der Waals surface area (Å²) in [4.78, 5) is 22.9. The Morgan fingerprint density at radius 2 is 2.04 bits per heavy atom. The Hall–Kier alpha value is -3.92. The number of Topliss-reactive ketones (excluding diaryl/α,β-unsaturated/α-hetero) is 1. The van der Waals surface area contributed by atoms with Gasteiger partial charge in [-0.3, -0.25) is 14.9 Å². The summed E-state index contributed by atoms with van der Waals surface area (Å²) in [6.45, 7) is 6.14. The molecule has 0 aromatic heterocycles. The number of non-ortho nitro benzene ring substituents is 1. The number of benzene rings is 2. The van der Waals surface area contributed by atoms with Crippen LogP contribution in [0.3, 0.4) is 0 Å². The first-order valence-corrected chi connectivity index (χ1v) is 8.41. The summed E-state index contributed by atoms with van der Waals surface area (Å²) in [7, 11) is 0. The number of hydrogen-bond acceptors (Lipinski definition) is 6.